The molecular formula is C22H25ClIN5O. The molecule has 1 aliphatic rings. The van der Waals surface area contributed by atoms with E-state index in [2.05, 4.69) is 31.6 Å². The van der Waals surface area contributed by atoms with Crippen molar-refractivity contribution in [1.82, 2.24) is 15.6 Å². The number of oxazole rings is 1. The lowest BCUT2D eigenvalue weighted by atomic mass is 10.2. The SMILES string of the molecule is CN=C(NCc1coc(-c2ccccc2)n1)NC1CCN(c2cccc(Cl)c2)C1.I. The zero-order valence-corrected chi connectivity index (χ0v) is 19.8. The van der Waals surface area contributed by atoms with E-state index in [-0.39, 0.29) is 24.0 Å². The molecule has 1 saturated heterocycles. The van der Waals surface area contributed by atoms with E-state index in [9.17, 15) is 0 Å². The summed E-state index contributed by atoms with van der Waals surface area (Å²) in [6.07, 6.45) is 2.72. The van der Waals surface area contributed by atoms with Gasteiger partial charge in [-0.15, -0.1) is 24.0 Å². The molecule has 3 aromatic rings. The van der Waals surface area contributed by atoms with E-state index in [1.165, 1.54) is 0 Å². The predicted octanol–water partition coefficient (Wildman–Crippen LogP) is 4.56. The molecule has 0 spiro atoms. The molecule has 158 valence electrons. The molecule has 0 saturated carbocycles. The molecule has 1 aliphatic heterocycles. The first kappa shape index (κ1) is 22.4. The maximum atomic E-state index is 6.12. The molecule has 6 nitrogen and oxygen atoms in total. The number of rotatable bonds is 5. The monoisotopic (exact) mass is 537 g/mol. The molecule has 0 aliphatic carbocycles. The van der Waals surface area contributed by atoms with E-state index < -0.39 is 0 Å². The molecule has 2 N–H and O–H groups in total. The van der Waals surface area contributed by atoms with Gasteiger partial charge in [0.1, 0.15) is 6.26 Å². The van der Waals surface area contributed by atoms with Gasteiger partial charge in [-0.3, -0.25) is 4.99 Å². The van der Waals surface area contributed by atoms with Gasteiger partial charge >= 0.3 is 0 Å². The van der Waals surface area contributed by atoms with Gasteiger partial charge in [0, 0.05) is 42.5 Å². The van der Waals surface area contributed by atoms with Gasteiger partial charge in [0.25, 0.3) is 0 Å². The first-order valence-corrected chi connectivity index (χ1v) is 10.1. The van der Waals surface area contributed by atoms with E-state index in [4.69, 9.17) is 16.0 Å². The highest BCUT2D eigenvalue weighted by Crippen LogP contribution is 2.23. The Morgan fingerprint density at radius 1 is 1.23 bits per heavy atom. The van der Waals surface area contributed by atoms with Crippen LogP contribution in [0.3, 0.4) is 0 Å². The summed E-state index contributed by atoms with van der Waals surface area (Å²) in [4.78, 5) is 11.2. The maximum absolute atomic E-state index is 6.12. The van der Waals surface area contributed by atoms with Crippen molar-refractivity contribution >= 4 is 47.2 Å². The van der Waals surface area contributed by atoms with Crippen LogP contribution in [0.4, 0.5) is 5.69 Å². The van der Waals surface area contributed by atoms with Gasteiger partial charge in [-0.25, -0.2) is 4.98 Å². The minimum absolute atomic E-state index is 0. The molecule has 2 aromatic carbocycles. The lowest BCUT2D eigenvalue weighted by Crippen LogP contribution is -2.44. The van der Waals surface area contributed by atoms with Crippen LogP contribution in [-0.4, -0.2) is 37.1 Å². The molecule has 4 rings (SSSR count). The summed E-state index contributed by atoms with van der Waals surface area (Å²) in [6, 6.07) is 18.2. The fraction of sp³-hybridized carbons (Fsp3) is 0.273. The largest absolute Gasteiger partial charge is 0.444 e. The van der Waals surface area contributed by atoms with Crippen molar-refractivity contribution in [3.63, 3.8) is 0 Å². The minimum atomic E-state index is 0. The van der Waals surface area contributed by atoms with Gasteiger partial charge in [-0.05, 0) is 36.8 Å². The first-order chi connectivity index (χ1) is 14.2. The Bertz CT molecular complexity index is 978. The highest BCUT2D eigenvalue weighted by molar-refractivity contribution is 14.0. The van der Waals surface area contributed by atoms with Crippen LogP contribution in [0.5, 0.6) is 0 Å². The van der Waals surface area contributed by atoms with Crippen molar-refractivity contribution < 1.29 is 4.42 Å². The zero-order valence-electron chi connectivity index (χ0n) is 16.7. The van der Waals surface area contributed by atoms with Gasteiger partial charge < -0.3 is 20.0 Å². The highest BCUT2D eigenvalue weighted by atomic mass is 127. The van der Waals surface area contributed by atoms with Crippen molar-refractivity contribution in [3.05, 3.63) is 71.6 Å². The predicted molar refractivity (Wildman–Crippen MR) is 133 cm³/mol. The number of nitrogens with zero attached hydrogens (tertiary/aromatic N) is 3. The second-order valence-corrected chi connectivity index (χ2v) is 7.43. The quantitative estimate of drug-likeness (QED) is 0.284. The van der Waals surface area contributed by atoms with Gasteiger partial charge in [0.15, 0.2) is 5.96 Å². The number of nitrogens with one attached hydrogen (secondary N) is 2. The Kier molecular flexibility index (Phi) is 7.98. The van der Waals surface area contributed by atoms with Crippen LogP contribution >= 0.6 is 35.6 Å². The van der Waals surface area contributed by atoms with Crippen LogP contribution in [0.25, 0.3) is 11.5 Å². The van der Waals surface area contributed by atoms with E-state index in [0.29, 0.717) is 18.5 Å². The van der Waals surface area contributed by atoms with Crippen molar-refractivity contribution in [2.24, 2.45) is 4.99 Å². The molecule has 1 unspecified atom stereocenters. The van der Waals surface area contributed by atoms with E-state index in [0.717, 1.165) is 47.4 Å². The third-order valence-corrected chi connectivity index (χ3v) is 5.17. The fourth-order valence-corrected chi connectivity index (χ4v) is 3.63. The first-order valence-electron chi connectivity index (χ1n) is 9.69. The average molecular weight is 538 g/mol. The normalized spacial score (nSPS) is 16.3. The summed E-state index contributed by atoms with van der Waals surface area (Å²) in [5.41, 5.74) is 2.95. The Labute approximate surface area is 198 Å². The van der Waals surface area contributed by atoms with Crippen LogP contribution in [0.15, 0.2) is 70.3 Å². The molecule has 8 heteroatoms. The van der Waals surface area contributed by atoms with Crippen molar-refractivity contribution in [3.8, 4) is 11.5 Å². The Hall–Kier alpha value is -2.26. The van der Waals surface area contributed by atoms with Crippen molar-refractivity contribution in [2.45, 2.75) is 19.0 Å². The number of guanidine groups is 1. The Morgan fingerprint density at radius 3 is 2.83 bits per heavy atom. The smallest absolute Gasteiger partial charge is 0.226 e. The lowest BCUT2D eigenvalue weighted by molar-refractivity contribution is 0.572. The van der Waals surface area contributed by atoms with Gasteiger partial charge in [0.2, 0.25) is 5.89 Å². The zero-order chi connectivity index (χ0) is 20.1. The van der Waals surface area contributed by atoms with Gasteiger partial charge in [0.05, 0.1) is 12.2 Å². The van der Waals surface area contributed by atoms with Crippen LogP contribution in [0.1, 0.15) is 12.1 Å². The fourth-order valence-electron chi connectivity index (χ4n) is 3.45. The van der Waals surface area contributed by atoms with Crippen LogP contribution in [-0.2, 0) is 6.54 Å². The maximum Gasteiger partial charge on any atom is 0.226 e. The second-order valence-electron chi connectivity index (χ2n) is 6.99. The van der Waals surface area contributed by atoms with E-state index in [1.54, 1.807) is 13.3 Å². The second kappa shape index (κ2) is 10.7. The molecular weight excluding hydrogens is 513 g/mol. The Balaban J connectivity index is 0.00000256. The number of anilines is 1. The number of benzene rings is 2. The van der Waals surface area contributed by atoms with E-state index in [1.807, 2.05) is 48.5 Å². The third kappa shape index (κ3) is 5.66. The number of hydrogen-bond acceptors (Lipinski definition) is 4. The number of aromatic nitrogens is 1. The van der Waals surface area contributed by atoms with E-state index >= 15 is 0 Å². The summed E-state index contributed by atoms with van der Waals surface area (Å²) in [6.45, 7) is 2.43. The summed E-state index contributed by atoms with van der Waals surface area (Å²) < 4.78 is 5.59. The summed E-state index contributed by atoms with van der Waals surface area (Å²) >= 11 is 6.12. The molecule has 1 aromatic heterocycles. The topological polar surface area (TPSA) is 65.7 Å². The Morgan fingerprint density at radius 2 is 2.07 bits per heavy atom. The summed E-state index contributed by atoms with van der Waals surface area (Å²) in [5, 5.41) is 7.58. The molecule has 0 bridgehead atoms. The van der Waals surface area contributed by atoms with Crippen LogP contribution < -0.4 is 15.5 Å². The molecule has 0 amide bonds. The molecule has 0 radical (unpaired) electrons. The molecule has 1 atom stereocenters. The van der Waals surface area contributed by atoms with Crippen molar-refractivity contribution in [2.75, 3.05) is 25.0 Å². The minimum Gasteiger partial charge on any atom is -0.444 e. The van der Waals surface area contributed by atoms with Crippen LogP contribution in [0, 0.1) is 0 Å². The highest BCUT2D eigenvalue weighted by Gasteiger charge is 2.23. The van der Waals surface area contributed by atoms with Crippen molar-refractivity contribution in [1.29, 1.82) is 0 Å². The standard InChI is InChI=1S/C22H24ClN5O.HI/c1-24-22(25-13-19-15-29-21(26-19)16-6-3-2-4-7-16)27-18-10-11-28(14-18)20-9-5-8-17(23)12-20;/h2-9,12,15,18H,10-11,13-14H2,1H3,(H2,24,25,27);1H. The molecule has 30 heavy (non-hydrogen) atoms. The van der Waals surface area contributed by atoms with Crippen LogP contribution in [0.2, 0.25) is 5.02 Å². The third-order valence-electron chi connectivity index (χ3n) is 4.94. The molecule has 1 fully saturated rings. The summed E-state index contributed by atoms with van der Waals surface area (Å²) in [7, 11) is 1.78. The number of halogens is 2. The van der Waals surface area contributed by atoms with Gasteiger partial charge in [-0.2, -0.15) is 0 Å². The summed E-state index contributed by atoms with van der Waals surface area (Å²) in [5.74, 6) is 1.38. The number of hydrogen-bond donors (Lipinski definition) is 2. The average Bonchev–Trinajstić information content (AvgIpc) is 3.41. The lowest BCUT2D eigenvalue weighted by Gasteiger charge is -2.20. The number of aliphatic imine (C=N–C) groups is 1. The molecule has 2 heterocycles. The van der Waals surface area contributed by atoms with Gasteiger partial charge in [-0.1, -0.05) is 35.9 Å².